The maximum Gasteiger partial charge on any atom is 0.350 e. The topological polar surface area (TPSA) is 138 Å². The Morgan fingerprint density at radius 3 is 2.65 bits per heavy atom. The van der Waals surface area contributed by atoms with Crippen molar-refractivity contribution in [2.24, 2.45) is 11.7 Å². The van der Waals surface area contributed by atoms with E-state index in [4.69, 9.17) is 19.9 Å². The lowest BCUT2D eigenvalue weighted by molar-refractivity contribution is -0.385. The Morgan fingerprint density at radius 1 is 1.14 bits per heavy atom. The van der Waals surface area contributed by atoms with Crippen LogP contribution in [0.2, 0.25) is 0 Å². The number of ether oxygens (including phenoxy) is 3. The van der Waals surface area contributed by atoms with Gasteiger partial charge in [-0.1, -0.05) is 44.2 Å². The van der Waals surface area contributed by atoms with Crippen molar-refractivity contribution in [3.05, 3.63) is 105 Å². The molecule has 0 aliphatic carbocycles. The molecule has 0 amide bonds. The minimum Gasteiger partial charge on any atom is -0.494 e. The Morgan fingerprint density at radius 2 is 1.92 bits per heavy atom. The summed E-state index contributed by atoms with van der Waals surface area (Å²) in [6.45, 7) is 4.82. The molecular formula is C28H25N3O6. The van der Waals surface area contributed by atoms with Crippen molar-refractivity contribution in [3.8, 4) is 23.3 Å². The monoisotopic (exact) mass is 499 g/mol. The molecule has 9 nitrogen and oxygen atoms in total. The Bertz CT molecular complexity index is 1420. The zero-order chi connectivity index (χ0) is 26.5. The third kappa shape index (κ3) is 5.54. The van der Waals surface area contributed by atoms with Gasteiger partial charge in [0.05, 0.1) is 17.4 Å². The Balaban J connectivity index is 1.64. The van der Waals surface area contributed by atoms with E-state index in [1.54, 1.807) is 12.1 Å². The van der Waals surface area contributed by atoms with E-state index in [-0.39, 0.29) is 28.5 Å². The highest BCUT2D eigenvalue weighted by Crippen LogP contribution is 2.44. The molecule has 0 aromatic heterocycles. The average Bonchev–Trinajstić information content (AvgIpc) is 2.87. The largest absolute Gasteiger partial charge is 0.494 e. The normalized spacial score (nSPS) is 14.4. The Kier molecular flexibility index (Phi) is 7.39. The lowest BCUT2D eigenvalue weighted by atomic mass is 9.83. The van der Waals surface area contributed by atoms with Gasteiger partial charge in [0.25, 0.3) is 5.69 Å². The molecule has 2 N–H and O–H groups in total. The molecule has 0 spiro atoms. The number of allylic oxidation sites excluding steroid dienone is 1. The first-order chi connectivity index (χ1) is 17.8. The maximum absolute atomic E-state index is 12.7. The highest BCUT2D eigenvalue weighted by atomic mass is 16.6. The summed E-state index contributed by atoms with van der Waals surface area (Å²) in [6.07, 6.45) is 0.911. The first-order valence-corrected chi connectivity index (χ1v) is 11.7. The third-order valence-electron chi connectivity index (χ3n) is 5.88. The van der Waals surface area contributed by atoms with Crippen LogP contribution in [0.4, 0.5) is 5.69 Å². The number of hydrogen-bond donors (Lipinski definition) is 1. The van der Waals surface area contributed by atoms with Crippen LogP contribution in [0.25, 0.3) is 0 Å². The van der Waals surface area contributed by atoms with Gasteiger partial charge >= 0.3 is 5.97 Å². The number of nitriles is 1. The van der Waals surface area contributed by atoms with Crippen LogP contribution >= 0.6 is 0 Å². The molecule has 37 heavy (non-hydrogen) atoms. The smallest absolute Gasteiger partial charge is 0.350 e. The van der Waals surface area contributed by atoms with Gasteiger partial charge in [-0.2, -0.15) is 5.26 Å². The fourth-order valence-corrected chi connectivity index (χ4v) is 4.01. The fourth-order valence-electron chi connectivity index (χ4n) is 4.01. The molecule has 3 aromatic carbocycles. The average molecular weight is 500 g/mol. The summed E-state index contributed by atoms with van der Waals surface area (Å²) in [4.78, 5) is 23.3. The number of carbonyl (C=O) groups excluding carboxylic acids is 1. The van der Waals surface area contributed by atoms with Crippen molar-refractivity contribution in [1.29, 1.82) is 5.26 Å². The van der Waals surface area contributed by atoms with Gasteiger partial charge < -0.3 is 19.9 Å². The van der Waals surface area contributed by atoms with Crippen molar-refractivity contribution in [2.75, 3.05) is 6.61 Å². The van der Waals surface area contributed by atoms with E-state index in [1.807, 2.05) is 24.3 Å². The molecule has 1 heterocycles. The summed E-state index contributed by atoms with van der Waals surface area (Å²) in [5.41, 5.74) is 7.25. The number of nitro groups is 1. The molecule has 1 aliphatic rings. The van der Waals surface area contributed by atoms with Crippen LogP contribution in [0.5, 0.6) is 17.2 Å². The van der Waals surface area contributed by atoms with Crippen molar-refractivity contribution < 1.29 is 23.9 Å². The molecule has 4 rings (SSSR count). The molecule has 9 heteroatoms. The van der Waals surface area contributed by atoms with E-state index in [1.165, 1.54) is 30.3 Å². The van der Waals surface area contributed by atoms with Crippen molar-refractivity contribution >= 4 is 11.7 Å². The van der Waals surface area contributed by atoms with Gasteiger partial charge in [0.2, 0.25) is 5.88 Å². The number of rotatable bonds is 8. The zero-order valence-electron chi connectivity index (χ0n) is 20.3. The van der Waals surface area contributed by atoms with Crippen LogP contribution in [-0.4, -0.2) is 17.5 Å². The van der Waals surface area contributed by atoms with E-state index in [0.717, 1.165) is 12.0 Å². The molecule has 0 saturated heterocycles. The molecule has 0 radical (unpaired) electrons. The first-order valence-electron chi connectivity index (χ1n) is 11.7. The van der Waals surface area contributed by atoms with E-state index >= 15 is 0 Å². The molecule has 0 saturated carbocycles. The summed E-state index contributed by atoms with van der Waals surface area (Å²) in [7, 11) is 0. The second-order valence-electron chi connectivity index (χ2n) is 8.89. The summed E-state index contributed by atoms with van der Waals surface area (Å²) in [5.74, 6) is 0.134. The van der Waals surface area contributed by atoms with Crippen LogP contribution < -0.4 is 19.9 Å². The Hall–Kier alpha value is -4.84. The van der Waals surface area contributed by atoms with E-state index in [2.05, 4.69) is 19.9 Å². The van der Waals surface area contributed by atoms with Crippen LogP contribution in [-0.2, 0) is 0 Å². The minimum absolute atomic E-state index is 0.0618. The number of carbonyl (C=O) groups is 1. The molecule has 0 fully saturated rings. The number of fused-ring (bicyclic) bond motifs is 1. The third-order valence-corrected chi connectivity index (χ3v) is 5.88. The second-order valence-corrected chi connectivity index (χ2v) is 8.89. The van der Waals surface area contributed by atoms with Crippen molar-refractivity contribution in [1.82, 2.24) is 0 Å². The lowest BCUT2D eigenvalue weighted by Crippen LogP contribution is -2.21. The number of nitrogens with zero attached hydrogens (tertiary/aromatic N) is 2. The van der Waals surface area contributed by atoms with Gasteiger partial charge in [-0.15, -0.1) is 0 Å². The van der Waals surface area contributed by atoms with Gasteiger partial charge in [-0.05, 0) is 42.2 Å². The number of para-hydroxylation sites is 1. The van der Waals surface area contributed by atoms with Crippen LogP contribution in [0.3, 0.4) is 0 Å². The maximum atomic E-state index is 12.7. The van der Waals surface area contributed by atoms with Crippen LogP contribution in [0, 0.1) is 27.4 Å². The fraction of sp³-hybridized carbons (Fsp3) is 0.214. The summed E-state index contributed by atoms with van der Waals surface area (Å²) in [5, 5.41) is 21.1. The number of nitro benzene ring substituents is 1. The lowest BCUT2D eigenvalue weighted by Gasteiger charge is -2.27. The predicted octanol–water partition coefficient (Wildman–Crippen LogP) is 5.46. The SMILES string of the molecule is CC(C)CCOc1cccc(C2C(C#N)=C(N)Oc3cc(OC(=O)c4ccccc4[N+](=O)[O-])ccc32)c1. The number of hydrogen-bond acceptors (Lipinski definition) is 8. The van der Waals surface area contributed by atoms with Gasteiger partial charge in [0, 0.05) is 17.7 Å². The molecule has 1 unspecified atom stereocenters. The first kappa shape index (κ1) is 25.3. The van der Waals surface area contributed by atoms with Gasteiger partial charge in [-0.3, -0.25) is 10.1 Å². The van der Waals surface area contributed by atoms with Gasteiger partial charge in [0.1, 0.15) is 34.5 Å². The number of esters is 1. The van der Waals surface area contributed by atoms with Crippen molar-refractivity contribution in [2.45, 2.75) is 26.2 Å². The minimum atomic E-state index is -0.882. The molecule has 3 aromatic rings. The number of benzene rings is 3. The molecule has 1 atom stereocenters. The van der Waals surface area contributed by atoms with E-state index in [9.17, 15) is 20.2 Å². The molecular weight excluding hydrogens is 474 g/mol. The highest BCUT2D eigenvalue weighted by molar-refractivity contribution is 5.95. The molecule has 1 aliphatic heterocycles. The zero-order valence-corrected chi connectivity index (χ0v) is 20.3. The van der Waals surface area contributed by atoms with E-state index in [0.29, 0.717) is 29.6 Å². The van der Waals surface area contributed by atoms with Gasteiger partial charge in [0.15, 0.2) is 0 Å². The Labute approximate surface area is 213 Å². The second kappa shape index (κ2) is 10.8. The van der Waals surface area contributed by atoms with E-state index < -0.39 is 16.8 Å². The van der Waals surface area contributed by atoms with Crippen LogP contribution in [0.15, 0.2) is 78.2 Å². The summed E-state index contributed by atoms with van der Waals surface area (Å²) < 4.78 is 17.0. The quantitative estimate of drug-likeness (QED) is 0.187. The molecule has 0 bridgehead atoms. The van der Waals surface area contributed by atoms with Crippen molar-refractivity contribution in [3.63, 3.8) is 0 Å². The highest BCUT2D eigenvalue weighted by Gasteiger charge is 2.31. The standard InChI is InChI=1S/C28H25N3O6/c1-17(2)12-13-35-19-7-5-6-18(14-19)26-22-11-10-20(15-25(22)37-27(30)23(26)16-29)36-28(32)21-8-3-4-9-24(21)31(33)34/h3-11,14-15,17,26H,12-13,30H2,1-2H3. The molecule has 188 valence electrons. The predicted molar refractivity (Wildman–Crippen MR) is 135 cm³/mol. The van der Waals surface area contributed by atoms with Crippen LogP contribution in [0.1, 0.15) is 47.7 Å². The number of nitrogens with two attached hydrogens (primary N) is 1. The van der Waals surface area contributed by atoms with Gasteiger partial charge in [-0.25, -0.2) is 4.79 Å². The summed E-state index contributed by atoms with van der Waals surface area (Å²) in [6, 6.07) is 19.8. The summed E-state index contributed by atoms with van der Waals surface area (Å²) >= 11 is 0.